The Hall–Kier alpha value is -1.68. The molecule has 88 valence electrons. The van der Waals surface area contributed by atoms with Crippen LogP contribution >= 0.6 is 0 Å². The molecule has 3 rings (SSSR count). The van der Waals surface area contributed by atoms with Gasteiger partial charge in [-0.15, -0.1) is 0 Å². The van der Waals surface area contributed by atoms with Crippen LogP contribution in [0, 0.1) is 6.92 Å². The van der Waals surface area contributed by atoms with E-state index in [1.165, 1.54) is 18.4 Å². The third-order valence-corrected chi connectivity index (χ3v) is 3.16. The smallest absolute Gasteiger partial charge is 0.154 e. The molecule has 1 fully saturated rings. The maximum Gasteiger partial charge on any atom is 0.154 e. The number of hydrogen-bond acceptors (Lipinski definition) is 3. The monoisotopic (exact) mass is 228 g/mol. The number of hydrogen-bond donors (Lipinski definition) is 1. The SMILES string of the molecule is Cc1ccccc1-n1nc(C2CC2)nc1CN. The van der Waals surface area contributed by atoms with Crippen LogP contribution in [0.5, 0.6) is 0 Å². The van der Waals surface area contributed by atoms with E-state index in [1.807, 2.05) is 16.8 Å². The molecule has 0 aliphatic heterocycles. The van der Waals surface area contributed by atoms with Gasteiger partial charge in [-0.1, -0.05) is 18.2 Å². The number of nitrogens with two attached hydrogens (primary N) is 1. The van der Waals surface area contributed by atoms with Crippen LogP contribution < -0.4 is 5.73 Å². The van der Waals surface area contributed by atoms with Gasteiger partial charge >= 0.3 is 0 Å². The molecular formula is C13H16N4. The van der Waals surface area contributed by atoms with E-state index in [9.17, 15) is 0 Å². The molecule has 1 saturated carbocycles. The number of benzene rings is 1. The average Bonchev–Trinajstić information content (AvgIpc) is 3.10. The number of para-hydroxylation sites is 1. The average molecular weight is 228 g/mol. The molecule has 2 aromatic rings. The van der Waals surface area contributed by atoms with E-state index in [1.54, 1.807) is 0 Å². The van der Waals surface area contributed by atoms with Crippen molar-refractivity contribution in [3.05, 3.63) is 41.5 Å². The highest BCUT2D eigenvalue weighted by atomic mass is 15.4. The minimum atomic E-state index is 0.425. The zero-order chi connectivity index (χ0) is 11.8. The van der Waals surface area contributed by atoms with Gasteiger partial charge in [-0.25, -0.2) is 9.67 Å². The topological polar surface area (TPSA) is 56.7 Å². The van der Waals surface area contributed by atoms with Crippen LogP contribution in [0.25, 0.3) is 5.69 Å². The molecule has 17 heavy (non-hydrogen) atoms. The van der Waals surface area contributed by atoms with Gasteiger partial charge in [-0.3, -0.25) is 0 Å². The van der Waals surface area contributed by atoms with Crippen LogP contribution in [0.4, 0.5) is 0 Å². The number of aromatic nitrogens is 3. The first kappa shape index (κ1) is 10.5. The predicted molar refractivity (Wildman–Crippen MR) is 66.0 cm³/mol. The first-order valence-electron chi connectivity index (χ1n) is 6.01. The summed E-state index contributed by atoms with van der Waals surface area (Å²) in [5, 5.41) is 4.60. The van der Waals surface area contributed by atoms with E-state index in [0.717, 1.165) is 17.3 Å². The highest BCUT2D eigenvalue weighted by molar-refractivity contribution is 5.40. The Kier molecular flexibility index (Phi) is 2.44. The highest BCUT2D eigenvalue weighted by Gasteiger charge is 2.29. The third-order valence-electron chi connectivity index (χ3n) is 3.16. The number of nitrogens with zero attached hydrogens (tertiary/aromatic N) is 3. The molecule has 0 saturated heterocycles. The Bertz CT molecular complexity index is 540. The zero-order valence-electron chi connectivity index (χ0n) is 9.93. The summed E-state index contributed by atoms with van der Waals surface area (Å²) in [6, 6.07) is 8.18. The minimum Gasteiger partial charge on any atom is -0.324 e. The maximum absolute atomic E-state index is 5.75. The molecule has 1 aliphatic carbocycles. The second kappa shape index (κ2) is 3.96. The van der Waals surface area contributed by atoms with Crippen LogP contribution in [-0.4, -0.2) is 14.8 Å². The molecule has 0 atom stereocenters. The lowest BCUT2D eigenvalue weighted by Crippen LogP contribution is -2.08. The van der Waals surface area contributed by atoms with Crippen molar-refractivity contribution in [2.75, 3.05) is 0 Å². The third kappa shape index (κ3) is 1.85. The van der Waals surface area contributed by atoms with Crippen LogP contribution in [0.3, 0.4) is 0 Å². The Labute approximate surface area is 100 Å². The normalized spacial score (nSPS) is 15.2. The summed E-state index contributed by atoms with van der Waals surface area (Å²) < 4.78 is 1.89. The fourth-order valence-electron chi connectivity index (χ4n) is 2.00. The largest absolute Gasteiger partial charge is 0.324 e. The van der Waals surface area contributed by atoms with Crippen molar-refractivity contribution in [1.29, 1.82) is 0 Å². The lowest BCUT2D eigenvalue weighted by atomic mass is 10.2. The fraction of sp³-hybridized carbons (Fsp3) is 0.385. The molecule has 0 radical (unpaired) electrons. The predicted octanol–water partition coefficient (Wildman–Crippen LogP) is 1.91. The summed E-state index contributed by atoms with van der Waals surface area (Å²) in [6.07, 6.45) is 2.42. The quantitative estimate of drug-likeness (QED) is 0.873. The molecule has 1 heterocycles. The van der Waals surface area contributed by atoms with E-state index >= 15 is 0 Å². The van der Waals surface area contributed by atoms with Gasteiger partial charge in [0.15, 0.2) is 5.82 Å². The van der Waals surface area contributed by atoms with Gasteiger partial charge in [-0.2, -0.15) is 5.10 Å². The van der Waals surface area contributed by atoms with E-state index < -0.39 is 0 Å². The van der Waals surface area contributed by atoms with Gasteiger partial charge in [0.1, 0.15) is 5.82 Å². The molecule has 0 amide bonds. The lowest BCUT2D eigenvalue weighted by molar-refractivity contribution is 0.776. The first-order valence-corrected chi connectivity index (χ1v) is 6.01. The van der Waals surface area contributed by atoms with Gasteiger partial charge < -0.3 is 5.73 Å². The van der Waals surface area contributed by atoms with Crippen molar-refractivity contribution < 1.29 is 0 Å². The summed E-state index contributed by atoms with van der Waals surface area (Å²) in [6.45, 7) is 2.50. The van der Waals surface area contributed by atoms with Crippen molar-refractivity contribution in [2.45, 2.75) is 32.2 Å². The van der Waals surface area contributed by atoms with E-state index in [0.29, 0.717) is 12.5 Å². The van der Waals surface area contributed by atoms with Crippen molar-refractivity contribution in [3.63, 3.8) is 0 Å². The Morgan fingerprint density at radius 2 is 2.12 bits per heavy atom. The van der Waals surface area contributed by atoms with Crippen LogP contribution in [0.1, 0.15) is 36.0 Å². The summed E-state index contributed by atoms with van der Waals surface area (Å²) in [5.41, 5.74) is 8.01. The van der Waals surface area contributed by atoms with Gasteiger partial charge in [0, 0.05) is 5.92 Å². The Morgan fingerprint density at radius 1 is 1.35 bits per heavy atom. The molecule has 0 bridgehead atoms. The summed E-state index contributed by atoms with van der Waals surface area (Å²) in [5.74, 6) is 2.36. The van der Waals surface area contributed by atoms with Crippen molar-refractivity contribution in [1.82, 2.24) is 14.8 Å². The molecule has 1 aliphatic rings. The van der Waals surface area contributed by atoms with Crippen molar-refractivity contribution in [3.8, 4) is 5.69 Å². The fourth-order valence-corrected chi connectivity index (χ4v) is 2.00. The second-order valence-electron chi connectivity index (χ2n) is 4.56. The van der Waals surface area contributed by atoms with Gasteiger partial charge in [0.2, 0.25) is 0 Å². The number of aryl methyl sites for hydroxylation is 1. The highest BCUT2D eigenvalue weighted by Crippen LogP contribution is 2.38. The molecule has 4 heteroatoms. The van der Waals surface area contributed by atoms with Crippen LogP contribution in [-0.2, 0) is 6.54 Å². The summed E-state index contributed by atoms with van der Waals surface area (Å²) in [7, 11) is 0. The molecule has 0 spiro atoms. The maximum atomic E-state index is 5.75. The second-order valence-corrected chi connectivity index (χ2v) is 4.56. The van der Waals surface area contributed by atoms with Gasteiger partial charge in [0.05, 0.1) is 12.2 Å². The summed E-state index contributed by atoms with van der Waals surface area (Å²) in [4.78, 5) is 4.54. The Morgan fingerprint density at radius 3 is 2.76 bits per heavy atom. The first-order chi connectivity index (χ1) is 8.29. The van der Waals surface area contributed by atoms with Gasteiger partial charge in [0.25, 0.3) is 0 Å². The lowest BCUT2D eigenvalue weighted by Gasteiger charge is -2.06. The van der Waals surface area contributed by atoms with Gasteiger partial charge in [-0.05, 0) is 31.4 Å². The molecule has 0 unspecified atom stereocenters. The molecular weight excluding hydrogens is 212 g/mol. The Balaban J connectivity index is 2.09. The van der Waals surface area contributed by atoms with E-state index in [4.69, 9.17) is 5.73 Å². The zero-order valence-corrected chi connectivity index (χ0v) is 9.93. The molecule has 2 N–H and O–H groups in total. The minimum absolute atomic E-state index is 0.425. The molecule has 1 aromatic heterocycles. The van der Waals surface area contributed by atoms with Crippen LogP contribution in [0.2, 0.25) is 0 Å². The molecule has 1 aromatic carbocycles. The standard InChI is InChI=1S/C13H16N4/c1-9-4-2-3-5-11(9)17-12(8-14)15-13(16-17)10-6-7-10/h2-5,10H,6-8,14H2,1H3. The van der Waals surface area contributed by atoms with Crippen molar-refractivity contribution >= 4 is 0 Å². The van der Waals surface area contributed by atoms with E-state index in [2.05, 4.69) is 29.1 Å². The van der Waals surface area contributed by atoms with Crippen LogP contribution in [0.15, 0.2) is 24.3 Å². The number of rotatable bonds is 3. The molecule has 4 nitrogen and oxygen atoms in total. The summed E-state index contributed by atoms with van der Waals surface area (Å²) >= 11 is 0. The van der Waals surface area contributed by atoms with Crippen molar-refractivity contribution in [2.24, 2.45) is 5.73 Å². The van der Waals surface area contributed by atoms with E-state index in [-0.39, 0.29) is 0 Å².